The van der Waals surface area contributed by atoms with Crippen molar-refractivity contribution in [3.8, 4) is 16.9 Å². The molecule has 0 aliphatic carbocycles. The molecule has 0 saturated heterocycles. The van der Waals surface area contributed by atoms with Gasteiger partial charge in [-0.3, -0.25) is 14.2 Å². The van der Waals surface area contributed by atoms with Gasteiger partial charge in [-0.2, -0.15) is 0 Å². The van der Waals surface area contributed by atoms with Crippen LogP contribution in [0.15, 0.2) is 34.4 Å². The first-order valence-electron chi connectivity index (χ1n) is 8.95. The maximum Gasteiger partial charge on any atom is 0.263 e. The third-order valence-electron chi connectivity index (χ3n) is 4.44. The van der Waals surface area contributed by atoms with Crippen LogP contribution >= 0.6 is 11.3 Å². The molecule has 0 bridgehead atoms. The lowest BCUT2D eigenvalue weighted by atomic mass is 10.1. The van der Waals surface area contributed by atoms with E-state index in [-0.39, 0.29) is 18.0 Å². The van der Waals surface area contributed by atoms with E-state index in [4.69, 9.17) is 4.74 Å². The molecule has 7 heteroatoms. The van der Waals surface area contributed by atoms with Crippen molar-refractivity contribution in [3.63, 3.8) is 0 Å². The second-order valence-corrected chi connectivity index (χ2v) is 7.17. The molecular weight excluding hydrogens is 362 g/mol. The number of aromatic nitrogens is 2. The van der Waals surface area contributed by atoms with Crippen molar-refractivity contribution in [2.24, 2.45) is 0 Å². The van der Waals surface area contributed by atoms with E-state index in [1.807, 2.05) is 29.6 Å². The minimum Gasteiger partial charge on any atom is -0.497 e. The molecule has 1 amide bonds. The Morgan fingerprint density at radius 3 is 2.70 bits per heavy atom. The van der Waals surface area contributed by atoms with Crippen LogP contribution in [-0.2, 0) is 11.3 Å². The zero-order valence-electron chi connectivity index (χ0n) is 15.7. The number of benzene rings is 1. The fourth-order valence-corrected chi connectivity index (χ4v) is 3.88. The molecule has 0 unspecified atom stereocenters. The van der Waals surface area contributed by atoms with E-state index in [2.05, 4.69) is 17.2 Å². The van der Waals surface area contributed by atoms with Crippen molar-refractivity contribution in [2.75, 3.05) is 13.7 Å². The third kappa shape index (κ3) is 4.03. The smallest absolute Gasteiger partial charge is 0.263 e. The van der Waals surface area contributed by atoms with Crippen molar-refractivity contribution < 1.29 is 9.53 Å². The number of thiophene rings is 1. The van der Waals surface area contributed by atoms with Gasteiger partial charge in [0.15, 0.2) is 0 Å². The standard InChI is InChI=1S/C20H23N3O3S/c1-4-5-10-21-17(24)11-23-13(2)22-19-18(20(23)25)16(12-27-19)14-6-8-15(26-3)9-7-14/h6-9,12H,4-5,10-11H2,1-3H3,(H,21,24). The van der Waals surface area contributed by atoms with Gasteiger partial charge in [0.05, 0.1) is 12.5 Å². The average molecular weight is 385 g/mol. The largest absolute Gasteiger partial charge is 0.497 e. The predicted octanol–water partition coefficient (Wildman–Crippen LogP) is 3.36. The van der Waals surface area contributed by atoms with Crippen molar-refractivity contribution in [1.29, 1.82) is 0 Å². The number of nitrogens with one attached hydrogen (secondary N) is 1. The van der Waals surface area contributed by atoms with Gasteiger partial charge in [-0.25, -0.2) is 4.98 Å². The maximum absolute atomic E-state index is 13.1. The zero-order chi connectivity index (χ0) is 19.4. The number of hydrogen-bond acceptors (Lipinski definition) is 5. The predicted molar refractivity (Wildman–Crippen MR) is 109 cm³/mol. The summed E-state index contributed by atoms with van der Waals surface area (Å²) in [6.07, 6.45) is 1.93. The Morgan fingerprint density at radius 2 is 2.04 bits per heavy atom. The van der Waals surface area contributed by atoms with Gasteiger partial charge in [0.2, 0.25) is 5.91 Å². The molecule has 0 saturated carbocycles. The molecule has 1 aromatic carbocycles. The summed E-state index contributed by atoms with van der Waals surface area (Å²) in [5.41, 5.74) is 1.56. The summed E-state index contributed by atoms with van der Waals surface area (Å²) in [5.74, 6) is 1.13. The first kappa shape index (κ1) is 19.1. The molecule has 2 aromatic heterocycles. The van der Waals surface area contributed by atoms with Crippen molar-refractivity contribution in [3.05, 3.63) is 45.8 Å². The molecule has 142 valence electrons. The summed E-state index contributed by atoms with van der Waals surface area (Å²) in [7, 11) is 1.62. The normalized spacial score (nSPS) is 10.9. The van der Waals surface area contributed by atoms with E-state index in [1.165, 1.54) is 15.9 Å². The number of carbonyl (C=O) groups is 1. The highest BCUT2D eigenvalue weighted by Gasteiger charge is 2.17. The SMILES string of the molecule is CCCCNC(=O)Cn1c(C)nc2scc(-c3ccc(OC)cc3)c2c1=O. The number of amides is 1. The Hall–Kier alpha value is -2.67. The third-order valence-corrected chi connectivity index (χ3v) is 5.31. The highest BCUT2D eigenvalue weighted by molar-refractivity contribution is 7.17. The molecule has 3 aromatic rings. The van der Waals surface area contributed by atoms with Crippen LogP contribution in [-0.4, -0.2) is 29.1 Å². The van der Waals surface area contributed by atoms with Gasteiger partial charge < -0.3 is 10.1 Å². The summed E-state index contributed by atoms with van der Waals surface area (Å²) < 4.78 is 6.64. The topological polar surface area (TPSA) is 73.2 Å². The van der Waals surface area contributed by atoms with E-state index >= 15 is 0 Å². The highest BCUT2D eigenvalue weighted by Crippen LogP contribution is 2.31. The summed E-state index contributed by atoms with van der Waals surface area (Å²) in [4.78, 5) is 30.5. The van der Waals surface area contributed by atoms with Crippen molar-refractivity contribution >= 4 is 27.5 Å². The van der Waals surface area contributed by atoms with Crippen LogP contribution in [0.5, 0.6) is 5.75 Å². The van der Waals surface area contributed by atoms with Crippen LogP contribution < -0.4 is 15.6 Å². The minimum atomic E-state index is -0.185. The Labute approximate surface area is 161 Å². The van der Waals surface area contributed by atoms with Crippen molar-refractivity contribution in [1.82, 2.24) is 14.9 Å². The lowest BCUT2D eigenvalue weighted by Crippen LogP contribution is -2.34. The minimum absolute atomic E-state index is 0.0186. The molecule has 0 radical (unpaired) electrons. The second-order valence-electron chi connectivity index (χ2n) is 6.31. The first-order chi connectivity index (χ1) is 13.0. The van der Waals surface area contributed by atoms with Crippen LogP contribution in [0.1, 0.15) is 25.6 Å². The van der Waals surface area contributed by atoms with Gasteiger partial charge in [-0.15, -0.1) is 11.3 Å². The fourth-order valence-electron chi connectivity index (χ4n) is 2.90. The summed E-state index contributed by atoms with van der Waals surface area (Å²) in [6, 6.07) is 7.56. The second kappa shape index (κ2) is 8.35. The molecule has 1 N–H and O–H groups in total. The number of fused-ring (bicyclic) bond motifs is 1. The number of ether oxygens (including phenoxy) is 1. The number of nitrogens with zero attached hydrogens (tertiary/aromatic N) is 2. The Kier molecular flexibility index (Phi) is 5.91. The first-order valence-corrected chi connectivity index (χ1v) is 9.83. The van der Waals surface area contributed by atoms with Crippen LogP contribution in [0.25, 0.3) is 21.3 Å². The Balaban J connectivity index is 1.99. The van der Waals surface area contributed by atoms with Crippen LogP contribution in [0.2, 0.25) is 0 Å². The van der Waals surface area contributed by atoms with Gasteiger partial charge in [-0.05, 0) is 31.0 Å². The average Bonchev–Trinajstić information content (AvgIpc) is 3.09. The monoisotopic (exact) mass is 385 g/mol. The van der Waals surface area contributed by atoms with Gasteiger partial charge in [0.1, 0.15) is 22.9 Å². The molecule has 0 spiro atoms. The van der Waals surface area contributed by atoms with E-state index in [9.17, 15) is 9.59 Å². The van der Waals surface area contributed by atoms with E-state index in [0.29, 0.717) is 22.6 Å². The number of hydrogen-bond donors (Lipinski definition) is 1. The molecule has 2 heterocycles. The van der Waals surface area contributed by atoms with Crippen LogP contribution in [0, 0.1) is 6.92 Å². The summed E-state index contributed by atoms with van der Waals surface area (Å²) in [5, 5.41) is 5.34. The Morgan fingerprint density at radius 1 is 1.30 bits per heavy atom. The number of methoxy groups -OCH3 is 1. The number of rotatable bonds is 7. The van der Waals surface area contributed by atoms with Gasteiger partial charge in [0.25, 0.3) is 5.56 Å². The van der Waals surface area contributed by atoms with E-state index in [0.717, 1.165) is 29.7 Å². The molecule has 0 aliphatic rings. The summed E-state index contributed by atoms with van der Waals surface area (Å²) >= 11 is 1.44. The molecule has 6 nitrogen and oxygen atoms in total. The lowest BCUT2D eigenvalue weighted by molar-refractivity contribution is -0.121. The zero-order valence-corrected chi connectivity index (χ0v) is 16.6. The van der Waals surface area contributed by atoms with Gasteiger partial charge in [0, 0.05) is 17.5 Å². The highest BCUT2D eigenvalue weighted by atomic mass is 32.1. The molecule has 0 atom stereocenters. The van der Waals surface area contributed by atoms with Crippen LogP contribution in [0.4, 0.5) is 0 Å². The van der Waals surface area contributed by atoms with Gasteiger partial charge in [-0.1, -0.05) is 25.5 Å². The van der Waals surface area contributed by atoms with E-state index < -0.39 is 0 Å². The quantitative estimate of drug-likeness (QED) is 0.633. The number of carbonyl (C=O) groups excluding carboxylic acids is 1. The van der Waals surface area contributed by atoms with Gasteiger partial charge >= 0.3 is 0 Å². The molecule has 3 rings (SSSR count). The number of unbranched alkanes of at least 4 members (excludes halogenated alkanes) is 1. The lowest BCUT2D eigenvalue weighted by Gasteiger charge is -2.10. The summed E-state index contributed by atoms with van der Waals surface area (Å²) in [6.45, 7) is 4.42. The molecular formula is C20H23N3O3S. The fraction of sp³-hybridized carbons (Fsp3) is 0.350. The maximum atomic E-state index is 13.1. The van der Waals surface area contributed by atoms with Crippen LogP contribution in [0.3, 0.4) is 0 Å². The van der Waals surface area contributed by atoms with E-state index in [1.54, 1.807) is 14.0 Å². The molecule has 27 heavy (non-hydrogen) atoms. The van der Waals surface area contributed by atoms with Crippen molar-refractivity contribution in [2.45, 2.75) is 33.2 Å². The Bertz CT molecular complexity index is 1010. The molecule has 0 aliphatic heterocycles. The molecule has 0 fully saturated rings. The number of aryl methyl sites for hydroxylation is 1.